The second kappa shape index (κ2) is 7.32. The maximum atomic E-state index is 12.9. The zero-order chi connectivity index (χ0) is 17.1. The Balaban J connectivity index is 2.29. The summed E-state index contributed by atoms with van der Waals surface area (Å²) in [5.41, 5.74) is 1.11. The fourth-order valence-corrected chi connectivity index (χ4v) is 6.55. The monoisotopic (exact) mass is 359 g/mol. The molecule has 0 N–H and O–H groups in total. The van der Waals surface area contributed by atoms with E-state index in [1.807, 2.05) is 19.1 Å². The summed E-state index contributed by atoms with van der Waals surface area (Å²) in [7, 11) is -6.78. The van der Waals surface area contributed by atoms with Crippen molar-refractivity contribution in [3.8, 4) is 0 Å². The quantitative estimate of drug-likeness (QED) is 0.748. The van der Waals surface area contributed by atoms with Gasteiger partial charge in [0.05, 0.1) is 16.4 Å². The van der Waals surface area contributed by atoms with Gasteiger partial charge in [0, 0.05) is 12.6 Å². The molecular formula is C16H25NO4S2. The topological polar surface area (TPSA) is 71.5 Å². The highest BCUT2D eigenvalue weighted by Crippen LogP contribution is 2.25. The third-order valence-electron chi connectivity index (χ3n) is 4.13. The molecule has 1 fully saturated rings. The lowest BCUT2D eigenvalue weighted by molar-refractivity contribution is 0.340. The van der Waals surface area contributed by atoms with Gasteiger partial charge in [-0.05, 0) is 37.0 Å². The largest absolute Gasteiger partial charge is 0.243 e. The van der Waals surface area contributed by atoms with E-state index < -0.39 is 25.9 Å². The molecule has 0 amide bonds. The Morgan fingerprint density at radius 3 is 2.26 bits per heavy atom. The average molecular weight is 360 g/mol. The zero-order valence-electron chi connectivity index (χ0n) is 13.7. The molecule has 1 atom stereocenters. The van der Waals surface area contributed by atoms with Crippen LogP contribution in [0.4, 0.5) is 0 Å². The lowest BCUT2D eigenvalue weighted by Gasteiger charge is -2.27. The molecule has 0 radical (unpaired) electrons. The number of sulfonamides is 1. The fourth-order valence-electron chi connectivity index (χ4n) is 2.97. The Morgan fingerprint density at radius 2 is 1.78 bits per heavy atom. The Morgan fingerprint density at radius 1 is 1.13 bits per heavy atom. The van der Waals surface area contributed by atoms with Crippen LogP contribution in [0.25, 0.3) is 0 Å². The molecule has 1 heterocycles. The van der Waals surface area contributed by atoms with Crippen LogP contribution < -0.4 is 0 Å². The first kappa shape index (κ1) is 18.4. The van der Waals surface area contributed by atoms with E-state index in [0.29, 0.717) is 19.4 Å². The minimum atomic E-state index is -3.66. The van der Waals surface area contributed by atoms with Gasteiger partial charge in [0.2, 0.25) is 10.0 Å². The summed E-state index contributed by atoms with van der Waals surface area (Å²) in [6, 6.07) is 6.50. The molecule has 7 heteroatoms. The highest BCUT2D eigenvalue weighted by Gasteiger charge is 2.38. The minimum Gasteiger partial charge on any atom is -0.229 e. The molecule has 1 aliphatic heterocycles. The van der Waals surface area contributed by atoms with Gasteiger partial charge in [-0.25, -0.2) is 16.8 Å². The SMILES string of the molecule is CCCc1ccc(S(=O)(=O)N(CCC)C2CCS(=O)(=O)C2)cc1. The summed E-state index contributed by atoms with van der Waals surface area (Å²) in [5, 5.41) is 0. The Bertz CT molecular complexity index is 724. The van der Waals surface area contributed by atoms with E-state index in [2.05, 4.69) is 6.92 Å². The van der Waals surface area contributed by atoms with E-state index in [1.165, 1.54) is 4.31 Å². The highest BCUT2D eigenvalue weighted by molar-refractivity contribution is 7.92. The molecule has 0 aliphatic carbocycles. The third-order valence-corrected chi connectivity index (χ3v) is 7.84. The lowest BCUT2D eigenvalue weighted by atomic mass is 10.1. The zero-order valence-corrected chi connectivity index (χ0v) is 15.4. The minimum absolute atomic E-state index is 0.0693. The number of nitrogens with zero attached hydrogens (tertiary/aromatic N) is 1. The van der Waals surface area contributed by atoms with Crippen LogP contribution in [0.5, 0.6) is 0 Å². The molecule has 130 valence electrons. The van der Waals surface area contributed by atoms with Gasteiger partial charge in [-0.15, -0.1) is 0 Å². The molecule has 1 aromatic rings. The second-order valence-corrected chi connectivity index (χ2v) is 10.2. The van der Waals surface area contributed by atoms with E-state index in [0.717, 1.165) is 18.4 Å². The van der Waals surface area contributed by atoms with Gasteiger partial charge < -0.3 is 0 Å². The van der Waals surface area contributed by atoms with Crippen molar-refractivity contribution in [2.45, 2.75) is 50.5 Å². The molecule has 0 aromatic heterocycles. The molecule has 23 heavy (non-hydrogen) atoms. The number of benzene rings is 1. The van der Waals surface area contributed by atoms with Crippen LogP contribution in [-0.2, 0) is 26.3 Å². The van der Waals surface area contributed by atoms with Gasteiger partial charge in [0.15, 0.2) is 9.84 Å². The first-order chi connectivity index (χ1) is 10.8. The van der Waals surface area contributed by atoms with Crippen molar-refractivity contribution in [2.75, 3.05) is 18.1 Å². The van der Waals surface area contributed by atoms with Crippen LogP contribution in [-0.4, -0.2) is 45.2 Å². The first-order valence-corrected chi connectivity index (χ1v) is 11.4. The van der Waals surface area contributed by atoms with Crippen molar-refractivity contribution in [3.63, 3.8) is 0 Å². The molecule has 1 unspecified atom stereocenters. The lowest BCUT2D eigenvalue weighted by Crippen LogP contribution is -2.41. The van der Waals surface area contributed by atoms with Gasteiger partial charge in [-0.3, -0.25) is 0 Å². The molecular weight excluding hydrogens is 334 g/mol. The van der Waals surface area contributed by atoms with Crippen LogP contribution in [0.3, 0.4) is 0 Å². The van der Waals surface area contributed by atoms with E-state index >= 15 is 0 Å². The summed E-state index contributed by atoms with van der Waals surface area (Å²) in [6.07, 6.45) is 2.97. The second-order valence-electron chi connectivity index (χ2n) is 6.07. The molecule has 0 spiro atoms. The van der Waals surface area contributed by atoms with Gasteiger partial charge in [-0.2, -0.15) is 4.31 Å². The van der Waals surface area contributed by atoms with E-state index in [1.54, 1.807) is 12.1 Å². The van der Waals surface area contributed by atoms with Gasteiger partial charge >= 0.3 is 0 Å². The Kier molecular flexibility index (Phi) is 5.86. The normalized spacial score (nSPS) is 20.9. The Labute approximate surface area is 139 Å². The predicted octanol–water partition coefficient (Wildman–Crippen LogP) is 2.23. The van der Waals surface area contributed by atoms with Gasteiger partial charge in [0.25, 0.3) is 0 Å². The Hall–Kier alpha value is -0.920. The highest BCUT2D eigenvalue weighted by atomic mass is 32.2. The number of hydrogen-bond donors (Lipinski definition) is 0. The summed E-state index contributed by atoms with van der Waals surface area (Å²) in [4.78, 5) is 0.245. The molecule has 1 saturated heterocycles. The smallest absolute Gasteiger partial charge is 0.229 e. The van der Waals surface area contributed by atoms with Crippen molar-refractivity contribution in [1.82, 2.24) is 4.31 Å². The van der Waals surface area contributed by atoms with Crippen LogP contribution in [0.2, 0.25) is 0 Å². The van der Waals surface area contributed by atoms with Gasteiger partial charge in [-0.1, -0.05) is 32.4 Å². The summed E-state index contributed by atoms with van der Waals surface area (Å²) in [6.45, 7) is 4.32. The van der Waals surface area contributed by atoms with Crippen LogP contribution in [0.15, 0.2) is 29.2 Å². The van der Waals surface area contributed by atoms with Crippen molar-refractivity contribution < 1.29 is 16.8 Å². The van der Waals surface area contributed by atoms with Crippen molar-refractivity contribution in [2.24, 2.45) is 0 Å². The third kappa shape index (κ3) is 4.33. The standard InChI is InChI=1S/C16H25NO4S2/c1-3-5-14-6-8-16(9-7-14)23(20,21)17(11-4-2)15-10-12-22(18,19)13-15/h6-9,15H,3-5,10-13H2,1-2H3. The fraction of sp³-hybridized carbons (Fsp3) is 0.625. The van der Waals surface area contributed by atoms with Crippen LogP contribution in [0.1, 0.15) is 38.7 Å². The molecule has 5 nitrogen and oxygen atoms in total. The number of aryl methyl sites for hydroxylation is 1. The predicted molar refractivity (Wildman–Crippen MR) is 91.7 cm³/mol. The molecule has 1 aliphatic rings. The average Bonchev–Trinajstić information content (AvgIpc) is 2.85. The number of rotatable bonds is 7. The number of hydrogen-bond acceptors (Lipinski definition) is 4. The first-order valence-electron chi connectivity index (χ1n) is 8.11. The molecule has 1 aromatic carbocycles. The maximum Gasteiger partial charge on any atom is 0.243 e. The molecule has 0 saturated carbocycles. The molecule has 0 bridgehead atoms. The van der Waals surface area contributed by atoms with Crippen molar-refractivity contribution in [1.29, 1.82) is 0 Å². The summed E-state index contributed by atoms with van der Waals surface area (Å²) >= 11 is 0. The van der Waals surface area contributed by atoms with E-state index in [-0.39, 0.29) is 16.4 Å². The van der Waals surface area contributed by atoms with E-state index in [4.69, 9.17) is 0 Å². The molecule has 2 rings (SSSR count). The summed E-state index contributed by atoms with van der Waals surface area (Å²) < 4.78 is 50.6. The van der Waals surface area contributed by atoms with Gasteiger partial charge in [0.1, 0.15) is 0 Å². The van der Waals surface area contributed by atoms with Crippen molar-refractivity contribution >= 4 is 19.9 Å². The number of sulfone groups is 1. The maximum absolute atomic E-state index is 12.9. The summed E-state index contributed by atoms with van der Waals surface area (Å²) in [5.74, 6) is 0.00296. The van der Waals surface area contributed by atoms with Crippen LogP contribution >= 0.6 is 0 Å². The van der Waals surface area contributed by atoms with E-state index in [9.17, 15) is 16.8 Å². The van der Waals surface area contributed by atoms with Crippen LogP contribution in [0, 0.1) is 0 Å². The van der Waals surface area contributed by atoms with Crippen molar-refractivity contribution in [3.05, 3.63) is 29.8 Å².